The minimum atomic E-state index is -0.438. The van der Waals surface area contributed by atoms with E-state index in [2.05, 4.69) is 11.8 Å². The van der Waals surface area contributed by atoms with Crippen molar-refractivity contribution in [1.82, 2.24) is 0 Å². The van der Waals surface area contributed by atoms with E-state index in [9.17, 15) is 4.79 Å². The van der Waals surface area contributed by atoms with E-state index in [1.807, 2.05) is 78.9 Å². The van der Waals surface area contributed by atoms with E-state index in [-0.39, 0.29) is 5.78 Å². The van der Waals surface area contributed by atoms with Crippen LogP contribution in [0.4, 0.5) is 5.69 Å². The molecule has 0 aliphatic carbocycles. The Hall–Kier alpha value is -3.27. The summed E-state index contributed by atoms with van der Waals surface area (Å²) >= 11 is 0. The molecule has 0 N–H and O–H groups in total. The van der Waals surface area contributed by atoms with Gasteiger partial charge >= 0.3 is 0 Å². The summed E-state index contributed by atoms with van der Waals surface area (Å²) < 4.78 is 10.5. The predicted octanol–water partition coefficient (Wildman–Crippen LogP) is 5.15. The normalized spacial score (nSPS) is 11.5. The van der Waals surface area contributed by atoms with Crippen molar-refractivity contribution in [3.8, 4) is 11.5 Å². The topological polar surface area (TPSA) is 38.8 Å². The highest BCUT2D eigenvalue weighted by Crippen LogP contribution is 2.31. The quantitative estimate of drug-likeness (QED) is 0.510. The number of carbonyl (C=O) groups excluding carboxylic acids is 1. The van der Waals surface area contributed by atoms with E-state index < -0.39 is 6.04 Å². The van der Waals surface area contributed by atoms with Crippen molar-refractivity contribution in [2.75, 3.05) is 25.7 Å². The highest BCUT2D eigenvalue weighted by atomic mass is 16.5. The van der Waals surface area contributed by atoms with Crippen LogP contribution in [-0.4, -0.2) is 26.5 Å². The number of ketones is 1. The molecule has 0 spiro atoms. The van der Waals surface area contributed by atoms with Crippen molar-refractivity contribution in [2.24, 2.45) is 0 Å². The van der Waals surface area contributed by atoms with Crippen LogP contribution in [0.15, 0.2) is 78.9 Å². The summed E-state index contributed by atoms with van der Waals surface area (Å²) in [4.78, 5) is 15.7. The summed E-state index contributed by atoms with van der Waals surface area (Å²) in [7, 11) is 3.25. The van der Waals surface area contributed by atoms with Crippen LogP contribution in [0.1, 0.15) is 28.9 Å². The Balaban J connectivity index is 2.05. The van der Waals surface area contributed by atoms with E-state index in [4.69, 9.17) is 9.47 Å². The number of hydrogen-bond donors (Lipinski definition) is 0. The Morgan fingerprint density at radius 3 is 1.86 bits per heavy atom. The minimum absolute atomic E-state index is 0.0403. The first-order chi connectivity index (χ1) is 13.7. The van der Waals surface area contributed by atoms with E-state index in [1.54, 1.807) is 14.2 Å². The van der Waals surface area contributed by atoms with Gasteiger partial charge in [-0.25, -0.2) is 0 Å². The lowest BCUT2D eigenvalue weighted by Crippen LogP contribution is -2.34. The Morgan fingerprint density at radius 1 is 0.821 bits per heavy atom. The summed E-state index contributed by atoms with van der Waals surface area (Å²) in [5.74, 6) is 1.54. The molecule has 0 amide bonds. The zero-order chi connectivity index (χ0) is 19.9. The number of ether oxygens (including phenoxy) is 2. The van der Waals surface area contributed by atoms with E-state index in [0.717, 1.165) is 22.7 Å². The monoisotopic (exact) mass is 375 g/mol. The van der Waals surface area contributed by atoms with Gasteiger partial charge in [0.1, 0.15) is 17.5 Å². The van der Waals surface area contributed by atoms with Gasteiger partial charge in [0.25, 0.3) is 0 Å². The van der Waals surface area contributed by atoms with Gasteiger partial charge in [0.05, 0.1) is 14.2 Å². The van der Waals surface area contributed by atoms with Crippen molar-refractivity contribution in [1.29, 1.82) is 0 Å². The molecule has 0 aliphatic heterocycles. The van der Waals surface area contributed by atoms with E-state index in [0.29, 0.717) is 12.1 Å². The molecule has 0 radical (unpaired) electrons. The molecule has 0 saturated heterocycles. The molecule has 0 bridgehead atoms. The molecule has 0 fully saturated rings. The summed E-state index contributed by atoms with van der Waals surface area (Å²) in [6, 6.07) is 24.5. The Kier molecular flexibility index (Phi) is 6.33. The number of carbonyl (C=O) groups is 1. The van der Waals surface area contributed by atoms with Gasteiger partial charge in [-0.15, -0.1) is 0 Å². The van der Waals surface area contributed by atoms with Gasteiger partial charge in [-0.2, -0.15) is 0 Å². The van der Waals surface area contributed by atoms with Crippen LogP contribution in [0.5, 0.6) is 11.5 Å². The average molecular weight is 375 g/mol. The number of likely N-dealkylation sites (N-methyl/N-ethyl adjacent to an activating group) is 1. The maximum atomic E-state index is 13.6. The molecule has 28 heavy (non-hydrogen) atoms. The second-order valence-electron chi connectivity index (χ2n) is 6.39. The van der Waals surface area contributed by atoms with Crippen molar-refractivity contribution in [3.05, 3.63) is 90.0 Å². The van der Waals surface area contributed by atoms with Gasteiger partial charge in [-0.05, 0) is 61.0 Å². The van der Waals surface area contributed by atoms with Gasteiger partial charge in [-0.1, -0.05) is 30.3 Å². The van der Waals surface area contributed by atoms with Crippen molar-refractivity contribution in [2.45, 2.75) is 13.0 Å². The lowest BCUT2D eigenvalue weighted by atomic mass is 9.95. The van der Waals surface area contributed by atoms with Gasteiger partial charge in [0, 0.05) is 17.8 Å². The van der Waals surface area contributed by atoms with Crippen LogP contribution >= 0.6 is 0 Å². The van der Waals surface area contributed by atoms with Crippen LogP contribution in [0.25, 0.3) is 0 Å². The smallest absolute Gasteiger partial charge is 0.189 e. The van der Waals surface area contributed by atoms with Crippen LogP contribution in [0.2, 0.25) is 0 Å². The van der Waals surface area contributed by atoms with Gasteiger partial charge in [-0.3, -0.25) is 4.79 Å². The molecule has 3 rings (SSSR count). The van der Waals surface area contributed by atoms with Crippen LogP contribution in [0.3, 0.4) is 0 Å². The first-order valence-electron chi connectivity index (χ1n) is 9.31. The molecule has 3 aromatic rings. The summed E-state index contributed by atoms with van der Waals surface area (Å²) in [5.41, 5.74) is 2.58. The second kappa shape index (κ2) is 9.09. The maximum absolute atomic E-state index is 13.6. The van der Waals surface area contributed by atoms with E-state index in [1.165, 1.54) is 0 Å². The zero-order valence-corrected chi connectivity index (χ0v) is 16.5. The first kappa shape index (κ1) is 19.5. The average Bonchev–Trinajstić information content (AvgIpc) is 2.77. The molecule has 1 atom stereocenters. The molecule has 0 heterocycles. The van der Waals surface area contributed by atoms with Crippen LogP contribution < -0.4 is 14.4 Å². The van der Waals surface area contributed by atoms with Gasteiger partial charge < -0.3 is 14.4 Å². The molecule has 3 aromatic carbocycles. The number of rotatable bonds is 8. The SMILES string of the molecule is CCN(c1ccccc1)C(C(=O)c1ccc(OC)cc1)c1ccc(OC)cc1. The lowest BCUT2D eigenvalue weighted by Gasteiger charge is -2.32. The maximum Gasteiger partial charge on any atom is 0.189 e. The number of benzene rings is 3. The fourth-order valence-corrected chi connectivity index (χ4v) is 3.31. The standard InChI is InChI=1S/C24H25NO3/c1-4-25(20-8-6-5-7-9-20)23(18-10-14-21(27-2)15-11-18)24(26)19-12-16-22(28-3)17-13-19/h5-17,23H,4H2,1-3H3. The summed E-state index contributed by atoms with van der Waals surface area (Å²) in [6.07, 6.45) is 0. The fourth-order valence-electron chi connectivity index (χ4n) is 3.31. The predicted molar refractivity (Wildman–Crippen MR) is 113 cm³/mol. The van der Waals surface area contributed by atoms with Crippen molar-refractivity contribution in [3.63, 3.8) is 0 Å². The Labute approximate surface area is 166 Å². The van der Waals surface area contributed by atoms with Crippen molar-refractivity contribution >= 4 is 11.5 Å². The van der Waals surface area contributed by atoms with Crippen molar-refractivity contribution < 1.29 is 14.3 Å². The summed E-state index contributed by atoms with van der Waals surface area (Å²) in [6.45, 7) is 2.76. The van der Waals surface area contributed by atoms with Crippen LogP contribution in [-0.2, 0) is 0 Å². The minimum Gasteiger partial charge on any atom is -0.497 e. The molecule has 1 unspecified atom stereocenters. The number of Topliss-reactive ketones (excluding diaryl/α,β-unsaturated/α-hetero) is 1. The molecule has 4 heteroatoms. The third-order valence-corrected chi connectivity index (χ3v) is 4.79. The van der Waals surface area contributed by atoms with E-state index >= 15 is 0 Å². The third kappa shape index (κ3) is 4.17. The lowest BCUT2D eigenvalue weighted by molar-refractivity contribution is 0.0957. The van der Waals surface area contributed by atoms with Crippen LogP contribution in [0, 0.1) is 0 Å². The number of para-hydroxylation sites is 1. The summed E-state index contributed by atoms with van der Waals surface area (Å²) in [5, 5.41) is 0. The molecule has 4 nitrogen and oxygen atoms in total. The largest absolute Gasteiger partial charge is 0.497 e. The Bertz CT molecular complexity index is 889. The highest BCUT2D eigenvalue weighted by molar-refractivity contribution is 6.02. The fraction of sp³-hybridized carbons (Fsp3) is 0.208. The van der Waals surface area contributed by atoms with Gasteiger partial charge in [0.15, 0.2) is 5.78 Å². The highest BCUT2D eigenvalue weighted by Gasteiger charge is 2.28. The third-order valence-electron chi connectivity index (χ3n) is 4.79. The first-order valence-corrected chi connectivity index (χ1v) is 9.31. The second-order valence-corrected chi connectivity index (χ2v) is 6.39. The molecule has 0 aliphatic rings. The Morgan fingerprint density at radius 2 is 1.36 bits per heavy atom. The molecular formula is C24H25NO3. The number of anilines is 1. The molecule has 144 valence electrons. The molecular weight excluding hydrogens is 350 g/mol. The molecule has 0 aromatic heterocycles. The number of methoxy groups -OCH3 is 2. The number of hydrogen-bond acceptors (Lipinski definition) is 4. The van der Waals surface area contributed by atoms with Gasteiger partial charge in [0.2, 0.25) is 0 Å². The molecule has 0 saturated carbocycles. The zero-order valence-electron chi connectivity index (χ0n) is 16.5. The number of nitrogens with zero attached hydrogens (tertiary/aromatic N) is 1.